The van der Waals surface area contributed by atoms with E-state index in [0.717, 1.165) is 4.88 Å². The maximum absolute atomic E-state index is 12.1. The molecule has 5 nitrogen and oxygen atoms in total. The molecule has 1 unspecified atom stereocenters. The van der Waals surface area contributed by atoms with Crippen LogP contribution in [0.2, 0.25) is 0 Å². The molecular formula is C12H15N3O2S. The normalized spacial score (nSPS) is 19.2. The number of amides is 3. The summed E-state index contributed by atoms with van der Waals surface area (Å²) in [7, 11) is 0. The third-order valence-electron chi connectivity index (χ3n) is 2.68. The van der Waals surface area contributed by atoms with Gasteiger partial charge in [-0.3, -0.25) is 4.79 Å². The minimum Gasteiger partial charge on any atom is -0.352 e. The van der Waals surface area contributed by atoms with Crippen molar-refractivity contribution in [2.24, 2.45) is 0 Å². The summed E-state index contributed by atoms with van der Waals surface area (Å²) < 4.78 is 0. The lowest BCUT2D eigenvalue weighted by Gasteiger charge is -2.27. The number of allylic oxidation sites excluding steroid dienone is 1. The van der Waals surface area contributed by atoms with E-state index >= 15 is 0 Å². The Hall–Kier alpha value is -1.82. The molecule has 1 aromatic heterocycles. The SMILES string of the molecule is CCNC(=O)C1=C(C)NC(=O)NC1c1cccs1. The molecule has 0 bridgehead atoms. The fraction of sp³-hybridized carbons (Fsp3) is 0.333. The Morgan fingerprint density at radius 2 is 2.33 bits per heavy atom. The maximum atomic E-state index is 12.1. The minimum absolute atomic E-state index is 0.152. The number of carbonyl (C=O) groups excluding carboxylic acids is 2. The molecule has 0 saturated carbocycles. The molecule has 0 saturated heterocycles. The van der Waals surface area contributed by atoms with Crippen LogP contribution in [0.3, 0.4) is 0 Å². The van der Waals surface area contributed by atoms with E-state index in [4.69, 9.17) is 0 Å². The number of nitrogens with one attached hydrogen (secondary N) is 3. The largest absolute Gasteiger partial charge is 0.352 e. The molecule has 1 atom stereocenters. The molecule has 1 aliphatic rings. The summed E-state index contributed by atoms with van der Waals surface area (Å²) in [4.78, 5) is 24.5. The smallest absolute Gasteiger partial charge is 0.319 e. The van der Waals surface area contributed by atoms with Crippen molar-refractivity contribution in [2.75, 3.05) is 6.54 Å². The number of rotatable bonds is 3. The minimum atomic E-state index is -0.370. The molecule has 2 heterocycles. The highest BCUT2D eigenvalue weighted by atomic mass is 32.1. The van der Waals surface area contributed by atoms with Gasteiger partial charge in [0.05, 0.1) is 11.6 Å². The molecule has 0 aliphatic carbocycles. The highest BCUT2D eigenvalue weighted by Crippen LogP contribution is 2.29. The van der Waals surface area contributed by atoms with E-state index in [9.17, 15) is 9.59 Å². The molecule has 3 N–H and O–H groups in total. The summed E-state index contributed by atoms with van der Waals surface area (Å²) in [5.74, 6) is -0.152. The van der Waals surface area contributed by atoms with Gasteiger partial charge in [-0.2, -0.15) is 0 Å². The third kappa shape index (κ3) is 2.38. The lowest BCUT2D eigenvalue weighted by atomic mass is 10.0. The summed E-state index contributed by atoms with van der Waals surface area (Å²) in [6, 6.07) is 3.16. The van der Waals surface area contributed by atoms with Crippen LogP contribution < -0.4 is 16.0 Å². The first-order valence-electron chi connectivity index (χ1n) is 5.73. The second kappa shape index (κ2) is 5.22. The maximum Gasteiger partial charge on any atom is 0.319 e. The standard InChI is InChI=1S/C12H15N3O2S/c1-3-13-11(16)9-7(2)14-12(17)15-10(9)8-5-4-6-18-8/h4-6,10H,3H2,1-2H3,(H,13,16)(H2,14,15,17). The topological polar surface area (TPSA) is 70.2 Å². The van der Waals surface area contributed by atoms with E-state index in [1.807, 2.05) is 24.4 Å². The quantitative estimate of drug-likeness (QED) is 0.775. The molecule has 0 spiro atoms. The lowest BCUT2D eigenvalue weighted by Crippen LogP contribution is -2.46. The van der Waals surface area contributed by atoms with Gasteiger partial charge >= 0.3 is 6.03 Å². The van der Waals surface area contributed by atoms with Crippen LogP contribution in [-0.4, -0.2) is 18.5 Å². The van der Waals surface area contributed by atoms with Crippen molar-refractivity contribution in [3.8, 4) is 0 Å². The van der Waals surface area contributed by atoms with E-state index in [-0.39, 0.29) is 18.0 Å². The van der Waals surface area contributed by atoms with Crippen molar-refractivity contribution in [1.82, 2.24) is 16.0 Å². The fourth-order valence-electron chi connectivity index (χ4n) is 1.92. The van der Waals surface area contributed by atoms with Gasteiger partial charge in [-0.1, -0.05) is 6.07 Å². The zero-order chi connectivity index (χ0) is 13.1. The van der Waals surface area contributed by atoms with E-state index in [2.05, 4.69) is 16.0 Å². The summed E-state index contributed by atoms with van der Waals surface area (Å²) >= 11 is 1.52. The van der Waals surface area contributed by atoms with Gasteiger partial charge < -0.3 is 16.0 Å². The molecule has 3 amide bonds. The molecule has 0 aromatic carbocycles. The molecule has 2 rings (SSSR count). The molecule has 6 heteroatoms. The van der Waals surface area contributed by atoms with Crippen LogP contribution in [0.25, 0.3) is 0 Å². The van der Waals surface area contributed by atoms with E-state index in [0.29, 0.717) is 17.8 Å². The number of urea groups is 1. The van der Waals surface area contributed by atoms with Gasteiger partial charge in [0.2, 0.25) is 0 Å². The Balaban J connectivity index is 2.38. The summed E-state index contributed by atoms with van der Waals surface area (Å²) in [5.41, 5.74) is 1.17. The zero-order valence-corrected chi connectivity index (χ0v) is 11.1. The summed E-state index contributed by atoms with van der Waals surface area (Å²) in [5, 5.41) is 10.1. The average Bonchev–Trinajstić information content (AvgIpc) is 2.81. The highest BCUT2D eigenvalue weighted by molar-refractivity contribution is 7.10. The second-order valence-corrected chi connectivity index (χ2v) is 4.92. The van der Waals surface area contributed by atoms with Crippen molar-refractivity contribution in [1.29, 1.82) is 0 Å². The first-order chi connectivity index (χ1) is 8.63. The first kappa shape index (κ1) is 12.6. The van der Waals surface area contributed by atoms with Crippen LogP contribution in [0.4, 0.5) is 4.79 Å². The van der Waals surface area contributed by atoms with Gasteiger partial charge in [-0.05, 0) is 25.3 Å². The van der Waals surface area contributed by atoms with Gasteiger partial charge in [-0.25, -0.2) is 4.79 Å². The molecule has 1 aromatic rings. The van der Waals surface area contributed by atoms with E-state index in [1.54, 1.807) is 6.92 Å². The van der Waals surface area contributed by atoms with Crippen LogP contribution in [0.5, 0.6) is 0 Å². The number of hydrogen-bond donors (Lipinski definition) is 3. The predicted octanol–water partition coefficient (Wildman–Crippen LogP) is 1.51. The number of hydrogen-bond acceptors (Lipinski definition) is 3. The molecular weight excluding hydrogens is 250 g/mol. The van der Waals surface area contributed by atoms with Gasteiger partial charge in [0.1, 0.15) is 0 Å². The van der Waals surface area contributed by atoms with Crippen LogP contribution in [0.1, 0.15) is 24.8 Å². The Morgan fingerprint density at radius 1 is 1.56 bits per heavy atom. The molecule has 0 fully saturated rings. The lowest BCUT2D eigenvalue weighted by molar-refractivity contribution is -0.117. The second-order valence-electron chi connectivity index (χ2n) is 3.95. The number of thiophene rings is 1. The van der Waals surface area contributed by atoms with Crippen LogP contribution >= 0.6 is 11.3 Å². The van der Waals surface area contributed by atoms with Crippen molar-refractivity contribution < 1.29 is 9.59 Å². The average molecular weight is 265 g/mol. The van der Waals surface area contributed by atoms with E-state index in [1.165, 1.54) is 11.3 Å². The number of likely N-dealkylation sites (N-methyl/N-ethyl adjacent to an activating group) is 1. The van der Waals surface area contributed by atoms with Gasteiger partial charge in [-0.15, -0.1) is 11.3 Å². The third-order valence-corrected chi connectivity index (χ3v) is 3.62. The predicted molar refractivity (Wildman–Crippen MR) is 70.1 cm³/mol. The Kier molecular flexibility index (Phi) is 3.66. The molecule has 1 aliphatic heterocycles. The van der Waals surface area contributed by atoms with Crippen molar-refractivity contribution >= 4 is 23.3 Å². The molecule has 96 valence electrons. The Labute approximate surface area is 109 Å². The van der Waals surface area contributed by atoms with Crippen molar-refractivity contribution in [3.05, 3.63) is 33.7 Å². The Morgan fingerprint density at radius 3 is 2.94 bits per heavy atom. The fourth-order valence-corrected chi connectivity index (χ4v) is 2.70. The first-order valence-corrected chi connectivity index (χ1v) is 6.61. The van der Waals surface area contributed by atoms with Gasteiger partial charge in [0, 0.05) is 17.1 Å². The molecule has 0 radical (unpaired) electrons. The monoisotopic (exact) mass is 265 g/mol. The van der Waals surface area contributed by atoms with E-state index < -0.39 is 0 Å². The zero-order valence-electron chi connectivity index (χ0n) is 10.2. The Bertz CT molecular complexity index is 493. The summed E-state index contributed by atoms with van der Waals surface area (Å²) in [6.45, 7) is 4.16. The van der Waals surface area contributed by atoms with Crippen molar-refractivity contribution in [3.63, 3.8) is 0 Å². The van der Waals surface area contributed by atoms with Gasteiger partial charge in [0.25, 0.3) is 5.91 Å². The van der Waals surface area contributed by atoms with Crippen LogP contribution in [-0.2, 0) is 4.79 Å². The van der Waals surface area contributed by atoms with Crippen LogP contribution in [0, 0.1) is 0 Å². The molecule has 18 heavy (non-hydrogen) atoms. The number of carbonyl (C=O) groups is 2. The summed E-state index contributed by atoms with van der Waals surface area (Å²) in [6.07, 6.45) is 0. The van der Waals surface area contributed by atoms with Gasteiger partial charge in [0.15, 0.2) is 0 Å². The van der Waals surface area contributed by atoms with Crippen LogP contribution in [0.15, 0.2) is 28.8 Å². The highest BCUT2D eigenvalue weighted by Gasteiger charge is 2.31. The van der Waals surface area contributed by atoms with Crippen molar-refractivity contribution in [2.45, 2.75) is 19.9 Å².